The first-order valence-electron chi connectivity index (χ1n) is 6.34. The Balaban J connectivity index is 2.10. The van der Waals surface area contributed by atoms with Crippen LogP contribution in [0.3, 0.4) is 0 Å². The first kappa shape index (κ1) is 12.1. The second-order valence-corrected chi connectivity index (χ2v) is 4.74. The van der Waals surface area contributed by atoms with Crippen LogP contribution in [-0.2, 0) is 15.2 Å². The molecule has 1 atom stereocenters. The Morgan fingerprint density at radius 1 is 1.00 bits per heavy atom. The molecule has 1 saturated heterocycles. The monoisotopic (exact) mass is 253 g/mol. The summed E-state index contributed by atoms with van der Waals surface area (Å²) < 4.78 is 0. The zero-order chi connectivity index (χ0) is 13.1. The molecular weight excluding hydrogens is 238 g/mol. The van der Waals surface area contributed by atoms with E-state index in [2.05, 4.69) is 29.7 Å². The van der Waals surface area contributed by atoms with Gasteiger partial charge < -0.3 is 4.79 Å². The summed E-state index contributed by atoms with van der Waals surface area (Å²) in [7, 11) is 0. The molecule has 2 aromatic rings. The lowest BCUT2D eigenvalue weighted by molar-refractivity contribution is -0.118. The van der Waals surface area contributed by atoms with E-state index in [1.807, 2.05) is 36.4 Å². The summed E-state index contributed by atoms with van der Waals surface area (Å²) >= 11 is 0. The van der Waals surface area contributed by atoms with E-state index in [0.29, 0.717) is 6.42 Å². The van der Waals surface area contributed by atoms with Crippen LogP contribution in [0.1, 0.15) is 17.5 Å². The molecule has 3 rings (SSSR count). The van der Waals surface area contributed by atoms with E-state index in [1.54, 1.807) is 0 Å². The highest BCUT2D eigenvalue weighted by atomic mass is 16.7. The van der Waals surface area contributed by atoms with E-state index in [1.165, 1.54) is 0 Å². The van der Waals surface area contributed by atoms with Crippen molar-refractivity contribution in [2.75, 3.05) is 0 Å². The third kappa shape index (κ3) is 2.07. The highest BCUT2D eigenvalue weighted by Gasteiger charge is 2.42. The number of aldehydes is 1. The van der Waals surface area contributed by atoms with Crippen molar-refractivity contribution in [2.24, 2.45) is 0 Å². The summed E-state index contributed by atoms with van der Waals surface area (Å²) in [5.41, 5.74) is 4.83. The van der Waals surface area contributed by atoms with Crippen LogP contribution in [0.15, 0.2) is 60.7 Å². The molecule has 19 heavy (non-hydrogen) atoms. The van der Waals surface area contributed by atoms with Gasteiger partial charge in [0.25, 0.3) is 0 Å². The minimum atomic E-state index is -0.450. The van der Waals surface area contributed by atoms with Gasteiger partial charge in [0.05, 0.1) is 5.54 Å². The fourth-order valence-electron chi connectivity index (χ4n) is 2.60. The van der Waals surface area contributed by atoms with Crippen LogP contribution in [0, 0.1) is 0 Å². The smallest absolute Gasteiger partial charge is 0.150 e. The molecule has 3 heteroatoms. The molecule has 0 saturated carbocycles. The van der Waals surface area contributed by atoms with Crippen molar-refractivity contribution in [2.45, 2.75) is 18.1 Å². The molecule has 1 aliphatic heterocycles. The largest absolute Gasteiger partial charge is 0.300 e. The Kier molecular flexibility index (Phi) is 3.15. The number of nitrogens with one attached hydrogen (secondary N) is 1. The van der Waals surface area contributed by atoms with Crippen LogP contribution < -0.4 is 5.48 Å². The van der Waals surface area contributed by atoms with Crippen LogP contribution in [0.4, 0.5) is 0 Å². The maximum atomic E-state index is 11.0. The van der Waals surface area contributed by atoms with Crippen molar-refractivity contribution < 1.29 is 9.63 Å². The maximum absolute atomic E-state index is 11.0. The second kappa shape index (κ2) is 4.96. The Morgan fingerprint density at radius 3 is 1.95 bits per heavy atom. The summed E-state index contributed by atoms with van der Waals surface area (Å²) in [6, 6.07) is 20.2. The molecule has 0 bridgehead atoms. The molecular formula is C16H15NO2. The van der Waals surface area contributed by atoms with Gasteiger partial charge in [-0.05, 0) is 11.1 Å². The summed E-state index contributed by atoms with van der Waals surface area (Å²) in [6.45, 7) is 0. The normalized spacial score (nSPS) is 21.2. The van der Waals surface area contributed by atoms with Crippen LogP contribution in [0.2, 0.25) is 0 Å². The van der Waals surface area contributed by atoms with Crippen LogP contribution in [0.5, 0.6) is 0 Å². The Morgan fingerprint density at radius 2 is 1.53 bits per heavy atom. The molecule has 1 N–H and O–H groups in total. The third-order valence-corrected chi connectivity index (χ3v) is 3.58. The van der Waals surface area contributed by atoms with E-state index in [4.69, 9.17) is 4.84 Å². The summed E-state index contributed by atoms with van der Waals surface area (Å²) in [6.07, 6.45) is 1.03. The quantitative estimate of drug-likeness (QED) is 0.854. The van der Waals surface area contributed by atoms with Crippen LogP contribution >= 0.6 is 0 Å². The zero-order valence-corrected chi connectivity index (χ0v) is 10.5. The number of hydrogen-bond acceptors (Lipinski definition) is 3. The lowest BCUT2D eigenvalue weighted by Gasteiger charge is -2.29. The van der Waals surface area contributed by atoms with Gasteiger partial charge in [0, 0.05) is 6.42 Å². The van der Waals surface area contributed by atoms with Gasteiger partial charge >= 0.3 is 0 Å². The van der Waals surface area contributed by atoms with E-state index in [9.17, 15) is 4.79 Å². The average Bonchev–Trinajstić information content (AvgIpc) is 2.95. The number of carbonyl (C=O) groups excluding carboxylic acids is 1. The maximum Gasteiger partial charge on any atom is 0.150 e. The first-order valence-corrected chi connectivity index (χ1v) is 6.34. The molecule has 2 aromatic carbocycles. The van der Waals surface area contributed by atoms with Crippen molar-refractivity contribution in [1.82, 2.24) is 5.48 Å². The van der Waals surface area contributed by atoms with Gasteiger partial charge in [-0.3, -0.25) is 4.84 Å². The summed E-state index contributed by atoms with van der Waals surface area (Å²) in [4.78, 5) is 16.4. The van der Waals surface area contributed by atoms with Crippen molar-refractivity contribution in [3.8, 4) is 0 Å². The third-order valence-electron chi connectivity index (χ3n) is 3.58. The average molecular weight is 253 g/mol. The van der Waals surface area contributed by atoms with Gasteiger partial charge in [-0.15, -0.1) is 0 Å². The van der Waals surface area contributed by atoms with Gasteiger partial charge in [-0.25, -0.2) is 0 Å². The molecule has 0 aromatic heterocycles. The van der Waals surface area contributed by atoms with Gasteiger partial charge in [0.15, 0.2) is 6.29 Å². The van der Waals surface area contributed by atoms with Crippen molar-refractivity contribution in [3.63, 3.8) is 0 Å². The Hall–Kier alpha value is -1.97. The van der Waals surface area contributed by atoms with Crippen LogP contribution in [-0.4, -0.2) is 12.4 Å². The molecule has 0 radical (unpaired) electrons. The van der Waals surface area contributed by atoms with E-state index in [-0.39, 0.29) is 0 Å². The number of rotatable bonds is 3. The zero-order valence-electron chi connectivity index (χ0n) is 10.5. The highest BCUT2D eigenvalue weighted by Crippen LogP contribution is 2.38. The summed E-state index contributed by atoms with van der Waals surface area (Å²) in [5, 5.41) is 0. The van der Waals surface area contributed by atoms with E-state index in [0.717, 1.165) is 17.4 Å². The number of carbonyl (C=O) groups is 1. The van der Waals surface area contributed by atoms with E-state index < -0.39 is 11.6 Å². The lowest BCUT2D eigenvalue weighted by Crippen LogP contribution is -2.37. The fourth-order valence-corrected chi connectivity index (χ4v) is 2.60. The fraction of sp³-hybridized carbons (Fsp3) is 0.188. The SMILES string of the molecule is O=CC1CC(c2ccccc2)(c2ccccc2)NO1. The van der Waals surface area contributed by atoms with Gasteiger partial charge in [-0.2, -0.15) is 5.48 Å². The first-order chi connectivity index (χ1) is 9.35. The minimum absolute atomic E-state index is 0.416. The van der Waals surface area contributed by atoms with Gasteiger partial charge in [-0.1, -0.05) is 60.7 Å². The van der Waals surface area contributed by atoms with Crippen LogP contribution in [0.25, 0.3) is 0 Å². The second-order valence-electron chi connectivity index (χ2n) is 4.74. The lowest BCUT2D eigenvalue weighted by atomic mass is 9.80. The molecule has 1 unspecified atom stereocenters. The topological polar surface area (TPSA) is 38.3 Å². The number of hydrogen-bond donors (Lipinski definition) is 1. The minimum Gasteiger partial charge on any atom is -0.300 e. The highest BCUT2D eigenvalue weighted by molar-refractivity contribution is 5.58. The molecule has 1 aliphatic rings. The van der Waals surface area contributed by atoms with Crippen molar-refractivity contribution >= 4 is 6.29 Å². The molecule has 3 nitrogen and oxygen atoms in total. The number of hydroxylamine groups is 1. The molecule has 1 fully saturated rings. The number of benzene rings is 2. The standard InChI is InChI=1S/C16H15NO2/c18-12-15-11-16(17-19-15,13-7-3-1-4-8-13)14-9-5-2-6-10-14/h1-10,12,15,17H,11H2. The van der Waals surface area contributed by atoms with Gasteiger partial charge in [0.1, 0.15) is 6.10 Å². The molecule has 0 spiro atoms. The van der Waals surface area contributed by atoms with Crippen molar-refractivity contribution in [3.05, 3.63) is 71.8 Å². The summed E-state index contributed by atoms with van der Waals surface area (Å²) in [5.74, 6) is 0. The Labute approximate surface area is 112 Å². The van der Waals surface area contributed by atoms with Gasteiger partial charge in [0.2, 0.25) is 0 Å². The Bertz CT molecular complexity index is 514. The molecule has 96 valence electrons. The van der Waals surface area contributed by atoms with Crippen molar-refractivity contribution in [1.29, 1.82) is 0 Å². The molecule has 0 amide bonds. The predicted octanol–water partition coefficient (Wildman–Crippen LogP) is 2.42. The predicted molar refractivity (Wildman–Crippen MR) is 72.4 cm³/mol. The van der Waals surface area contributed by atoms with E-state index >= 15 is 0 Å². The molecule has 0 aliphatic carbocycles. The molecule has 1 heterocycles.